The van der Waals surface area contributed by atoms with Crippen LogP contribution in [0.1, 0.15) is 35.7 Å². The van der Waals surface area contributed by atoms with Crippen LogP contribution in [0.4, 0.5) is 5.69 Å². The fourth-order valence-electron chi connectivity index (χ4n) is 3.10. The minimum Gasteiger partial charge on any atom is -0.378 e. The van der Waals surface area contributed by atoms with Crippen LogP contribution in [0.3, 0.4) is 0 Å². The molecule has 1 saturated heterocycles. The second-order valence-electron chi connectivity index (χ2n) is 5.63. The maximum absolute atomic E-state index is 12.5. The Balaban J connectivity index is 1.89. The lowest BCUT2D eigenvalue weighted by Crippen LogP contribution is -2.31. The Hall–Kier alpha value is -1.68. The zero-order chi connectivity index (χ0) is 14.3. The first-order valence-corrected chi connectivity index (χ1v) is 7.13. The molecule has 4 heteroatoms. The molecular weight excluding hydrogens is 254 g/mol. The van der Waals surface area contributed by atoms with Crippen LogP contribution < -0.4 is 4.90 Å². The molecule has 20 heavy (non-hydrogen) atoms. The van der Waals surface area contributed by atoms with Gasteiger partial charge in [0.05, 0.1) is 12.0 Å². The Labute approximate surface area is 118 Å². The molecule has 106 valence electrons. The Morgan fingerprint density at radius 1 is 1.35 bits per heavy atom. The summed E-state index contributed by atoms with van der Waals surface area (Å²) in [6.07, 6.45) is 2.04. The molecule has 1 fully saturated rings. The second-order valence-corrected chi connectivity index (χ2v) is 5.63. The molecular formula is C16H19NO3. The fourth-order valence-corrected chi connectivity index (χ4v) is 3.10. The van der Waals surface area contributed by atoms with Gasteiger partial charge in [0, 0.05) is 31.3 Å². The van der Waals surface area contributed by atoms with Gasteiger partial charge in [0.1, 0.15) is 0 Å². The molecule has 0 radical (unpaired) electrons. The van der Waals surface area contributed by atoms with Gasteiger partial charge in [-0.3, -0.25) is 9.59 Å². The molecule has 0 N–H and O–H groups in total. The van der Waals surface area contributed by atoms with Gasteiger partial charge < -0.3 is 9.64 Å². The highest BCUT2D eigenvalue weighted by Crippen LogP contribution is 2.30. The molecule has 2 atom stereocenters. The number of ether oxygens (including phenoxy) is 1. The Bertz CT molecular complexity index is 567. The molecule has 2 aliphatic heterocycles. The molecule has 0 saturated carbocycles. The number of carbonyl (C=O) groups is 2. The number of nitrogens with zero attached hydrogens (tertiary/aromatic N) is 1. The Morgan fingerprint density at radius 3 is 2.85 bits per heavy atom. The number of hydrogen-bond donors (Lipinski definition) is 0. The number of fused-ring (bicyclic) bond motifs is 1. The predicted octanol–water partition coefficient (Wildman–Crippen LogP) is 2.20. The van der Waals surface area contributed by atoms with E-state index in [0.717, 1.165) is 29.7 Å². The maximum Gasteiger partial charge on any atom is 0.227 e. The van der Waals surface area contributed by atoms with E-state index in [9.17, 15) is 9.59 Å². The lowest BCUT2D eigenvalue weighted by Gasteiger charge is -2.26. The summed E-state index contributed by atoms with van der Waals surface area (Å²) < 4.78 is 5.48. The van der Waals surface area contributed by atoms with Crippen LogP contribution in [0.25, 0.3) is 0 Å². The largest absolute Gasteiger partial charge is 0.378 e. The number of hydrogen-bond acceptors (Lipinski definition) is 3. The van der Waals surface area contributed by atoms with Gasteiger partial charge in [-0.2, -0.15) is 0 Å². The van der Waals surface area contributed by atoms with E-state index in [2.05, 4.69) is 0 Å². The molecule has 2 heterocycles. The second kappa shape index (κ2) is 5.02. The van der Waals surface area contributed by atoms with E-state index in [1.54, 1.807) is 11.9 Å². The van der Waals surface area contributed by atoms with E-state index in [1.165, 1.54) is 0 Å². The summed E-state index contributed by atoms with van der Waals surface area (Å²) in [5, 5.41) is 0. The van der Waals surface area contributed by atoms with Crippen LogP contribution in [0.5, 0.6) is 0 Å². The molecule has 0 aromatic heterocycles. The lowest BCUT2D eigenvalue weighted by atomic mass is 9.90. The Kier molecular flexibility index (Phi) is 3.34. The van der Waals surface area contributed by atoms with Crippen molar-refractivity contribution in [1.82, 2.24) is 0 Å². The van der Waals surface area contributed by atoms with Crippen molar-refractivity contribution in [3.63, 3.8) is 0 Å². The number of benzene rings is 1. The molecule has 2 aliphatic rings. The van der Waals surface area contributed by atoms with Gasteiger partial charge in [0.2, 0.25) is 5.91 Å². The van der Waals surface area contributed by atoms with E-state index in [1.807, 2.05) is 25.1 Å². The number of carbonyl (C=O) groups excluding carboxylic acids is 2. The van der Waals surface area contributed by atoms with E-state index < -0.39 is 0 Å². The highest BCUT2D eigenvalue weighted by Gasteiger charge is 2.32. The highest BCUT2D eigenvalue weighted by atomic mass is 16.5. The SMILES string of the molecule is CC1OCCC1C(=O)c1ccc2c(c1)CCC(=O)N2C. The van der Waals surface area contributed by atoms with Gasteiger partial charge in [0.15, 0.2) is 5.78 Å². The molecule has 1 aromatic rings. The van der Waals surface area contributed by atoms with Crippen molar-refractivity contribution >= 4 is 17.4 Å². The quantitative estimate of drug-likeness (QED) is 0.776. The number of aryl methyl sites for hydroxylation is 1. The average molecular weight is 273 g/mol. The molecule has 1 aromatic carbocycles. The highest BCUT2D eigenvalue weighted by molar-refractivity contribution is 6.01. The van der Waals surface area contributed by atoms with E-state index in [0.29, 0.717) is 13.0 Å². The van der Waals surface area contributed by atoms with Gasteiger partial charge in [-0.15, -0.1) is 0 Å². The molecule has 0 bridgehead atoms. The predicted molar refractivity (Wildman–Crippen MR) is 76.0 cm³/mol. The van der Waals surface area contributed by atoms with Gasteiger partial charge in [-0.05, 0) is 43.5 Å². The van der Waals surface area contributed by atoms with Crippen LogP contribution in [-0.4, -0.2) is 31.4 Å². The monoisotopic (exact) mass is 273 g/mol. The van der Waals surface area contributed by atoms with E-state index >= 15 is 0 Å². The van der Waals surface area contributed by atoms with Crippen molar-refractivity contribution in [2.24, 2.45) is 5.92 Å². The minimum atomic E-state index is -0.0315. The summed E-state index contributed by atoms with van der Waals surface area (Å²) in [6, 6.07) is 5.67. The lowest BCUT2D eigenvalue weighted by molar-refractivity contribution is -0.118. The van der Waals surface area contributed by atoms with Crippen molar-refractivity contribution in [3.8, 4) is 0 Å². The van der Waals surface area contributed by atoms with Crippen LogP contribution in [0.15, 0.2) is 18.2 Å². The molecule has 1 amide bonds. The van der Waals surface area contributed by atoms with Crippen molar-refractivity contribution < 1.29 is 14.3 Å². The number of amides is 1. The van der Waals surface area contributed by atoms with Gasteiger partial charge in [-0.25, -0.2) is 0 Å². The van der Waals surface area contributed by atoms with Crippen molar-refractivity contribution in [2.45, 2.75) is 32.3 Å². The third-order valence-electron chi connectivity index (χ3n) is 4.42. The summed E-state index contributed by atoms with van der Waals surface area (Å²) in [5.41, 5.74) is 2.76. The average Bonchev–Trinajstić information content (AvgIpc) is 2.88. The van der Waals surface area contributed by atoms with Crippen molar-refractivity contribution in [2.75, 3.05) is 18.6 Å². The zero-order valence-electron chi connectivity index (χ0n) is 11.9. The number of rotatable bonds is 2. The first kappa shape index (κ1) is 13.3. The van der Waals surface area contributed by atoms with Gasteiger partial charge in [-0.1, -0.05) is 0 Å². The Morgan fingerprint density at radius 2 is 2.15 bits per heavy atom. The summed E-state index contributed by atoms with van der Waals surface area (Å²) >= 11 is 0. The molecule has 3 rings (SSSR count). The third kappa shape index (κ3) is 2.14. The maximum atomic E-state index is 12.5. The number of ketones is 1. The minimum absolute atomic E-state index is 0.00258. The summed E-state index contributed by atoms with van der Waals surface area (Å²) in [6.45, 7) is 2.63. The van der Waals surface area contributed by atoms with Gasteiger partial charge >= 0.3 is 0 Å². The topological polar surface area (TPSA) is 46.6 Å². The fraction of sp³-hybridized carbons (Fsp3) is 0.500. The van der Waals surface area contributed by atoms with Gasteiger partial charge in [0.25, 0.3) is 0 Å². The first-order valence-electron chi connectivity index (χ1n) is 7.13. The summed E-state index contributed by atoms with van der Waals surface area (Å²) in [7, 11) is 1.79. The first-order chi connectivity index (χ1) is 9.58. The van der Waals surface area contributed by atoms with Crippen LogP contribution in [0, 0.1) is 5.92 Å². The summed E-state index contributed by atoms with van der Waals surface area (Å²) in [5.74, 6) is 0.266. The summed E-state index contributed by atoms with van der Waals surface area (Å²) in [4.78, 5) is 25.9. The van der Waals surface area contributed by atoms with Crippen molar-refractivity contribution in [3.05, 3.63) is 29.3 Å². The third-order valence-corrected chi connectivity index (χ3v) is 4.42. The van der Waals surface area contributed by atoms with Crippen LogP contribution in [-0.2, 0) is 16.0 Å². The van der Waals surface area contributed by atoms with E-state index in [4.69, 9.17) is 4.74 Å². The molecule has 0 spiro atoms. The standard InChI is InChI=1S/C16H19NO3/c1-10-13(7-8-20-10)16(19)12-3-5-14-11(9-12)4-6-15(18)17(14)2/h3,5,9-10,13H,4,6-8H2,1-2H3. The molecule has 4 nitrogen and oxygen atoms in total. The normalized spacial score (nSPS) is 25.7. The number of anilines is 1. The zero-order valence-corrected chi connectivity index (χ0v) is 11.9. The number of Topliss-reactive ketones (excluding diaryl/α,β-unsaturated/α-hetero) is 1. The van der Waals surface area contributed by atoms with Crippen molar-refractivity contribution in [1.29, 1.82) is 0 Å². The van der Waals surface area contributed by atoms with Crippen LogP contribution >= 0.6 is 0 Å². The van der Waals surface area contributed by atoms with E-state index in [-0.39, 0.29) is 23.7 Å². The van der Waals surface area contributed by atoms with Crippen LogP contribution in [0.2, 0.25) is 0 Å². The molecule has 0 aliphatic carbocycles. The molecule has 2 unspecified atom stereocenters. The smallest absolute Gasteiger partial charge is 0.227 e.